The van der Waals surface area contributed by atoms with Gasteiger partial charge in [-0.15, -0.1) is 0 Å². The fourth-order valence-electron chi connectivity index (χ4n) is 3.21. The van der Waals surface area contributed by atoms with Gasteiger partial charge in [-0.3, -0.25) is 4.90 Å². The predicted molar refractivity (Wildman–Crippen MR) is 74.3 cm³/mol. The van der Waals surface area contributed by atoms with Crippen LogP contribution in [0.15, 0.2) is 4.52 Å². The summed E-state index contributed by atoms with van der Waals surface area (Å²) in [5, 5.41) is 4.11. The van der Waals surface area contributed by atoms with Gasteiger partial charge >= 0.3 is 0 Å². The van der Waals surface area contributed by atoms with Gasteiger partial charge < -0.3 is 15.0 Å². The van der Waals surface area contributed by atoms with E-state index >= 15 is 0 Å². The summed E-state index contributed by atoms with van der Waals surface area (Å²) in [6.45, 7) is 5.51. The molecule has 2 fully saturated rings. The third-order valence-corrected chi connectivity index (χ3v) is 4.41. The monoisotopic (exact) mass is 280 g/mol. The summed E-state index contributed by atoms with van der Waals surface area (Å²) in [5.74, 6) is 1.51. The maximum Gasteiger partial charge on any atom is 0.231 e. The van der Waals surface area contributed by atoms with Gasteiger partial charge in [-0.1, -0.05) is 18.5 Å². The van der Waals surface area contributed by atoms with Gasteiger partial charge in [0.25, 0.3) is 0 Å². The van der Waals surface area contributed by atoms with E-state index in [1.165, 1.54) is 12.8 Å². The topological polar surface area (TPSA) is 77.4 Å². The molecule has 3 unspecified atom stereocenters. The number of aromatic nitrogens is 2. The molecule has 2 aliphatic rings. The molecule has 2 aliphatic heterocycles. The maximum atomic E-state index is 5.91. The molecule has 0 saturated carbocycles. The second-order valence-corrected chi connectivity index (χ2v) is 5.83. The Morgan fingerprint density at radius 2 is 2.40 bits per heavy atom. The summed E-state index contributed by atoms with van der Waals surface area (Å²) in [6, 6.07) is 0.592. The van der Waals surface area contributed by atoms with E-state index in [2.05, 4.69) is 22.0 Å². The fraction of sp³-hybridized carbons (Fsp3) is 0.857. The van der Waals surface area contributed by atoms with Crippen LogP contribution in [0, 0.1) is 0 Å². The lowest BCUT2D eigenvalue weighted by atomic mass is 10.0. The molecule has 0 radical (unpaired) electrons. The summed E-state index contributed by atoms with van der Waals surface area (Å²) in [6.07, 6.45) is 4.51. The second kappa shape index (κ2) is 6.20. The Morgan fingerprint density at radius 3 is 3.20 bits per heavy atom. The van der Waals surface area contributed by atoms with Crippen molar-refractivity contribution in [3.05, 3.63) is 11.7 Å². The molecule has 2 N–H and O–H groups in total. The number of fused-ring (bicyclic) bond motifs is 1. The van der Waals surface area contributed by atoms with Crippen molar-refractivity contribution in [2.45, 2.75) is 50.7 Å². The van der Waals surface area contributed by atoms with E-state index in [-0.39, 0.29) is 12.0 Å². The van der Waals surface area contributed by atoms with Crippen molar-refractivity contribution in [2.24, 2.45) is 5.73 Å². The lowest BCUT2D eigenvalue weighted by molar-refractivity contribution is -0.0548. The fourth-order valence-corrected chi connectivity index (χ4v) is 3.21. The summed E-state index contributed by atoms with van der Waals surface area (Å²) < 4.78 is 11.3. The number of hydrogen-bond acceptors (Lipinski definition) is 6. The van der Waals surface area contributed by atoms with E-state index in [4.69, 9.17) is 15.0 Å². The van der Waals surface area contributed by atoms with Crippen LogP contribution in [0.4, 0.5) is 0 Å². The smallest absolute Gasteiger partial charge is 0.231 e. The highest BCUT2D eigenvalue weighted by atomic mass is 16.5. The zero-order valence-electron chi connectivity index (χ0n) is 12.1. The van der Waals surface area contributed by atoms with Crippen LogP contribution >= 0.6 is 0 Å². The van der Waals surface area contributed by atoms with Crippen molar-refractivity contribution in [3.63, 3.8) is 0 Å². The Hall–Kier alpha value is -0.980. The van der Waals surface area contributed by atoms with Crippen molar-refractivity contribution in [3.8, 4) is 0 Å². The van der Waals surface area contributed by atoms with Crippen LogP contribution in [0.25, 0.3) is 0 Å². The first-order valence-electron chi connectivity index (χ1n) is 7.71. The molecule has 6 nitrogen and oxygen atoms in total. The molecular weight excluding hydrogens is 256 g/mol. The standard InChI is InChI=1S/C14H24N4O2/c1-2-4-10(7-15)14-16-13(17-20-14)12-8-18-6-3-5-11(18)9-19-12/h10-12H,2-9,15H2,1H3. The molecular formula is C14H24N4O2. The van der Waals surface area contributed by atoms with E-state index in [1.54, 1.807) is 0 Å². The van der Waals surface area contributed by atoms with E-state index in [9.17, 15) is 0 Å². The lowest BCUT2D eigenvalue weighted by Crippen LogP contribution is -2.42. The predicted octanol–water partition coefficient (Wildman–Crippen LogP) is 1.45. The first-order valence-corrected chi connectivity index (χ1v) is 7.71. The van der Waals surface area contributed by atoms with Gasteiger partial charge in [0, 0.05) is 19.1 Å². The van der Waals surface area contributed by atoms with Gasteiger partial charge in [0.15, 0.2) is 0 Å². The molecule has 0 aromatic carbocycles. The zero-order valence-corrected chi connectivity index (χ0v) is 12.1. The van der Waals surface area contributed by atoms with E-state index in [1.807, 2.05) is 0 Å². The molecule has 0 aliphatic carbocycles. The number of nitrogens with two attached hydrogens (primary N) is 1. The summed E-state index contributed by atoms with van der Waals surface area (Å²) in [4.78, 5) is 7.01. The Balaban J connectivity index is 1.67. The number of morpholine rings is 1. The van der Waals surface area contributed by atoms with Crippen molar-refractivity contribution >= 4 is 0 Å². The summed E-state index contributed by atoms with van der Waals surface area (Å²) >= 11 is 0. The Morgan fingerprint density at radius 1 is 1.50 bits per heavy atom. The van der Waals surface area contributed by atoms with Crippen molar-refractivity contribution in [2.75, 3.05) is 26.2 Å². The quantitative estimate of drug-likeness (QED) is 0.879. The molecule has 6 heteroatoms. The molecule has 2 saturated heterocycles. The van der Waals surface area contributed by atoms with E-state index in [0.29, 0.717) is 24.3 Å². The van der Waals surface area contributed by atoms with Crippen LogP contribution in [0.3, 0.4) is 0 Å². The SMILES string of the molecule is CCCC(CN)c1nc(C2CN3CCCC3CO2)no1. The molecule has 1 aromatic heterocycles. The first-order chi connectivity index (χ1) is 9.81. The Bertz CT molecular complexity index is 437. The Kier molecular flexibility index (Phi) is 4.33. The highest BCUT2D eigenvalue weighted by Gasteiger charge is 2.35. The molecule has 3 atom stereocenters. The van der Waals surface area contributed by atoms with Gasteiger partial charge in [-0.25, -0.2) is 0 Å². The molecule has 1 aromatic rings. The molecule has 3 rings (SSSR count). The number of ether oxygens (including phenoxy) is 1. The highest BCUT2D eigenvalue weighted by molar-refractivity contribution is 5.00. The van der Waals surface area contributed by atoms with Gasteiger partial charge in [-0.2, -0.15) is 4.98 Å². The Labute approximate surface area is 119 Å². The normalized spacial score (nSPS) is 28.5. The van der Waals surface area contributed by atoms with E-state index in [0.717, 1.165) is 32.5 Å². The van der Waals surface area contributed by atoms with Crippen molar-refractivity contribution in [1.82, 2.24) is 15.0 Å². The first kappa shape index (κ1) is 14.0. The van der Waals surface area contributed by atoms with E-state index < -0.39 is 0 Å². The number of rotatable bonds is 5. The maximum absolute atomic E-state index is 5.91. The third kappa shape index (κ3) is 2.73. The molecule has 20 heavy (non-hydrogen) atoms. The van der Waals surface area contributed by atoms with Crippen LogP contribution in [0.2, 0.25) is 0 Å². The van der Waals surface area contributed by atoms with Crippen LogP contribution in [0.1, 0.15) is 56.3 Å². The average molecular weight is 280 g/mol. The third-order valence-electron chi connectivity index (χ3n) is 4.41. The molecule has 112 valence electrons. The number of hydrogen-bond donors (Lipinski definition) is 1. The van der Waals surface area contributed by atoms with Gasteiger partial charge in [-0.05, 0) is 25.8 Å². The minimum Gasteiger partial charge on any atom is -0.367 e. The van der Waals surface area contributed by atoms with Gasteiger partial charge in [0.1, 0.15) is 6.10 Å². The lowest BCUT2D eigenvalue weighted by Gasteiger charge is -2.33. The zero-order chi connectivity index (χ0) is 13.9. The van der Waals surface area contributed by atoms with Gasteiger partial charge in [0.05, 0.1) is 12.5 Å². The van der Waals surface area contributed by atoms with Crippen molar-refractivity contribution < 1.29 is 9.26 Å². The van der Waals surface area contributed by atoms with Crippen LogP contribution < -0.4 is 5.73 Å². The van der Waals surface area contributed by atoms with Crippen LogP contribution in [-0.2, 0) is 4.74 Å². The summed E-state index contributed by atoms with van der Waals surface area (Å²) in [5.41, 5.74) is 5.78. The second-order valence-electron chi connectivity index (χ2n) is 5.83. The largest absolute Gasteiger partial charge is 0.367 e. The average Bonchev–Trinajstić information content (AvgIpc) is 3.12. The minimum atomic E-state index is -0.0538. The number of nitrogens with zero attached hydrogens (tertiary/aromatic N) is 3. The van der Waals surface area contributed by atoms with Crippen LogP contribution in [-0.4, -0.2) is 47.3 Å². The molecule has 0 spiro atoms. The minimum absolute atomic E-state index is 0.0538. The summed E-state index contributed by atoms with van der Waals surface area (Å²) in [7, 11) is 0. The molecule has 0 bridgehead atoms. The molecule has 3 heterocycles. The van der Waals surface area contributed by atoms with Gasteiger partial charge in [0.2, 0.25) is 11.7 Å². The van der Waals surface area contributed by atoms with Crippen molar-refractivity contribution in [1.29, 1.82) is 0 Å². The highest BCUT2D eigenvalue weighted by Crippen LogP contribution is 2.29. The molecule has 0 amide bonds. The van der Waals surface area contributed by atoms with Crippen LogP contribution in [0.5, 0.6) is 0 Å².